The van der Waals surface area contributed by atoms with Crippen molar-refractivity contribution in [1.82, 2.24) is 5.32 Å². The highest BCUT2D eigenvalue weighted by Gasteiger charge is 2.17. The summed E-state index contributed by atoms with van der Waals surface area (Å²) >= 11 is 0. The molecule has 0 saturated heterocycles. The van der Waals surface area contributed by atoms with Crippen molar-refractivity contribution in [3.8, 4) is 11.5 Å². The molecule has 0 aliphatic rings. The van der Waals surface area contributed by atoms with E-state index in [9.17, 15) is 4.79 Å². The number of rotatable bonds is 8. The van der Waals surface area contributed by atoms with Gasteiger partial charge in [0.1, 0.15) is 18.1 Å². The lowest BCUT2D eigenvalue weighted by molar-refractivity contribution is -0.127. The SMILES string of the molecule is Cc1ccc(C(C)C)c(O[C@H](C)C(=O)NCCOc2cccc3ccccc23)c1. The standard InChI is InChI=1S/C25H29NO3/c1-17(2)21-13-12-18(3)16-24(21)29-19(4)25(27)26-14-15-28-23-11-7-9-20-8-5-6-10-22(20)23/h5-13,16-17,19H,14-15H2,1-4H3,(H,26,27)/t19-/m1/s1. The fraction of sp³-hybridized carbons (Fsp3) is 0.320. The predicted octanol–water partition coefficient (Wildman–Crippen LogP) is 5.23. The minimum Gasteiger partial charge on any atom is -0.491 e. The summed E-state index contributed by atoms with van der Waals surface area (Å²) in [5, 5.41) is 5.10. The molecule has 3 aromatic carbocycles. The number of fused-ring (bicyclic) bond motifs is 1. The van der Waals surface area contributed by atoms with Gasteiger partial charge in [0, 0.05) is 5.39 Å². The van der Waals surface area contributed by atoms with Crippen LogP contribution in [0.5, 0.6) is 11.5 Å². The first-order chi connectivity index (χ1) is 14.0. The summed E-state index contributed by atoms with van der Waals surface area (Å²) < 4.78 is 11.8. The Balaban J connectivity index is 1.52. The number of amides is 1. The lowest BCUT2D eigenvalue weighted by atomic mass is 10.0. The average molecular weight is 392 g/mol. The predicted molar refractivity (Wildman–Crippen MR) is 118 cm³/mol. The highest BCUT2D eigenvalue weighted by atomic mass is 16.5. The van der Waals surface area contributed by atoms with Crippen molar-refractivity contribution in [2.75, 3.05) is 13.2 Å². The Bertz CT molecular complexity index is 975. The van der Waals surface area contributed by atoms with Crippen LogP contribution in [0.3, 0.4) is 0 Å². The normalized spacial score (nSPS) is 12.0. The van der Waals surface area contributed by atoms with Crippen LogP contribution in [0.15, 0.2) is 60.7 Å². The van der Waals surface area contributed by atoms with Gasteiger partial charge in [-0.05, 0) is 48.4 Å². The molecule has 0 aromatic heterocycles. The first-order valence-electron chi connectivity index (χ1n) is 10.1. The minimum absolute atomic E-state index is 0.150. The van der Waals surface area contributed by atoms with E-state index in [2.05, 4.69) is 43.4 Å². The molecule has 1 amide bonds. The van der Waals surface area contributed by atoms with Gasteiger partial charge in [0.05, 0.1) is 6.54 Å². The molecule has 0 saturated carbocycles. The maximum absolute atomic E-state index is 12.4. The van der Waals surface area contributed by atoms with Gasteiger partial charge in [0.25, 0.3) is 5.91 Å². The molecule has 4 heteroatoms. The Morgan fingerprint density at radius 1 is 0.966 bits per heavy atom. The molecular weight excluding hydrogens is 362 g/mol. The van der Waals surface area contributed by atoms with E-state index in [4.69, 9.17) is 9.47 Å². The lowest BCUT2D eigenvalue weighted by Gasteiger charge is -2.19. The van der Waals surface area contributed by atoms with Gasteiger partial charge in [-0.1, -0.05) is 62.4 Å². The smallest absolute Gasteiger partial charge is 0.260 e. The minimum atomic E-state index is -0.577. The summed E-state index contributed by atoms with van der Waals surface area (Å²) in [4.78, 5) is 12.4. The van der Waals surface area contributed by atoms with E-state index in [1.807, 2.05) is 43.3 Å². The number of ether oxygens (including phenoxy) is 2. The number of carbonyl (C=O) groups excluding carboxylic acids is 1. The molecule has 0 aliphatic heterocycles. The van der Waals surface area contributed by atoms with Crippen molar-refractivity contribution in [3.63, 3.8) is 0 Å². The first kappa shape index (κ1) is 20.7. The molecule has 1 N–H and O–H groups in total. The van der Waals surface area contributed by atoms with Crippen LogP contribution in [0.4, 0.5) is 0 Å². The Kier molecular flexibility index (Phi) is 6.76. The molecule has 0 aliphatic carbocycles. The molecule has 0 radical (unpaired) electrons. The van der Waals surface area contributed by atoms with Crippen molar-refractivity contribution in [1.29, 1.82) is 0 Å². The van der Waals surface area contributed by atoms with Crippen LogP contribution in [0, 0.1) is 6.92 Å². The number of hydrogen-bond acceptors (Lipinski definition) is 3. The molecule has 152 valence electrons. The zero-order valence-electron chi connectivity index (χ0n) is 17.6. The average Bonchev–Trinajstić information content (AvgIpc) is 2.71. The molecular formula is C25H29NO3. The van der Waals surface area contributed by atoms with E-state index in [-0.39, 0.29) is 5.91 Å². The van der Waals surface area contributed by atoms with Gasteiger partial charge in [0.15, 0.2) is 6.10 Å². The second kappa shape index (κ2) is 9.46. The molecule has 0 spiro atoms. The van der Waals surface area contributed by atoms with E-state index in [0.29, 0.717) is 19.1 Å². The largest absolute Gasteiger partial charge is 0.491 e. The van der Waals surface area contributed by atoms with Crippen LogP contribution in [-0.2, 0) is 4.79 Å². The monoisotopic (exact) mass is 391 g/mol. The van der Waals surface area contributed by atoms with Crippen LogP contribution in [0.2, 0.25) is 0 Å². The maximum Gasteiger partial charge on any atom is 0.260 e. The second-order valence-electron chi connectivity index (χ2n) is 7.57. The zero-order chi connectivity index (χ0) is 20.8. The third-order valence-electron chi connectivity index (χ3n) is 4.87. The lowest BCUT2D eigenvalue weighted by Crippen LogP contribution is -2.38. The molecule has 0 unspecified atom stereocenters. The van der Waals surface area contributed by atoms with Crippen LogP contribution in [0.1, 0.15) is 37.8 Å². The number of carbonyl (C=O) groups is 1. The van der Waals surface area contributed by atoms with E-state index in [0.717, 1.165) is 33.4 Å². The molecule has 1 atom stereocenters. The van der Waals surface area contributed by atoms with Gasteiger partial charge in [0.2, 0.25) is 0 Å². The Hall–Kier alpha value is -3.01. The van der Waals surface area contributed by atoms with Crippen molar-refractivity contribution in [2.24, 2.45) is 0 Å². The van der Waals surface area contributed by atoms with Crippen molar-refractivity contribution in [3.05, 3.63) is 71.8 Å². The highest BCUT2D eigenvalue weighted by molar-refractivity contribution is 5.88. The number of benzene rings is 3. The molecule has 3 rings (SSSR count). The van der Waals surface area contributed by atoms with Crippen molar-refractivity contribution >= 4 is 16.7 Å². The maximum atomic E-state index is 12.4. The number of hydrogen-bond donors (Lipinski definition) is 1. The third kappa shape index (κ3) is 5.29. The highest BCUT2D eigenvalue weighted by Crippen LogP contribution is 2.28. The van der Waals surface area contributed by atoms with Crippen LogP contribution in [-0.4, -0.2) is 25.2 Å². The van der Waals surface area contributed by atoms with Crippen molar-refractivity contribution < 1.29 is 14.3 Å². The number of nitrogens with one attached hydrogen (secondary N) is 1. The van der Waals surface area contributed by atoms with E-state index < -0.39 is 6.10 Å². The summed E-state index contributed by atoms with van der Waals surface area (Å²) in [5.41, 5.74) is 2.22. The van der Waals surface area contributed by atoms with Gasteiger partial charge < -0.3 is 14.8 Å². The van der Waals surface area contributed by atoms with Gasteiger partial charge >= 0.3 is 0 Å². The van der Waals surface area contributed by atoms with Crippen LogP contribution >= 0.6 is 0 Å². The van der Waals surface area contributed by atoms with E-state index in [1.165, 1.54) is 0 Å². The molecule has 0 fully saturated rings. The van der Waals surface area contributed by atoms with E-state index in [1.54, 1.807) is 6.92 Å². The fourth-order valence-electron chi connectivity index (χ4n) is 3.27. The van der Waals surface area contributed by atoms with Crippen molar-refractivity contribution in [2.45, 2.75) is 39.7 Å². The summed E-state index contributed by atoms with van der Waals surface area (Å²) in [6.07, 6.45) is -0.577. The number of aryl methyl sites for hydroxylation is 1. The molecule has 3 aromatic rings. The van der Waals surface area contributed by atoms with Crippen LogP contribution < -0.4 is 14.8 Å². The van der Waals surface area contributed by atoms with Gasteiger partial charge in [-0.15, -0.1) is 0 Å². The third-order valence-corrected chi connectivity index (χ3v) is 4.87. The van der Waals surface area contributed by atoms with Crippen LogP contribution in [0.25, 0.3) is 10.8 Å². The summed E-state index contributed by atoms with van der Waals surface area (Å²) in [7, 11) is 0. The van der Waals surface area contributed by atoms with Gasteiger partial charge in [-0.25, -0.2) is 0 Å². The molecule has 0 bridgehead atoms. The Morgan fingerprint density at radius 2 is 1.72 bits per heavy atom. The fourth-order valence-corrected chi connectivity index (χ4v) is 3.27. The Labute approximate surface area is 172 Å². The summed E-state index contributed by atoms with van der Waals surface area (Å²) in [6.45, 7) is 8.84. The molecule has 29 heavy (non-hydrogen) atoms. The topological polar surface area (TPSA) is 47.6 Å². The summed E-state index contributed by atoms with van der Waals surface area (Å²) in [5.74, 6) is 1.77. The molecule has 0 heterocycles. The molecule has 4 nitrogen and oxygen atoms in total. The van der Waals surface area contributed by atoms with E-state index >= 15 is 0 Å². The first-order valence-corrected chi connectivity index (χ1v) is 10.1. The summed E-state index contributed by atoms with van der Waals surface area (Å²) in [6, 6.07) is 20.2. The zero-order valence-corrected chi connectivity index (χ0v) is 17.6. The van der Waals surface area contributed by atoms with Gasteiger partial charge in [-0.2, -0.15) is 0 Å². The second-order valence-corrected chi connectivity index (χ2v) is 7.57. The Morgan fingerprint density at radius 3 is 2.52 bits per heavy atom. The quantitative estimate of drug-likeness (QED) is 0.535. The van der Waals surface area contributed by atoms with Gasteiger partial charge in [-0.3, -0.25) is 4.79 Å².